The van der Waals surface area contributed by atoms with E-state index in [-0.39, 0.29) is 6.61 Å². The standard InChI is InChI=1S/C8H8N4OS2/c1-5-11-12-8(14-5)15-7-9-2-6(4-13)3-10-7/h2-3,13H,4H2,1H3. The molecule has 0 aliphatic heterocycles. The minimum absolute atomic E-state index is 0.0388. The summed E-state index contributed by atoms with van der Waals surface area (Å²) in [7, 11) is 0. The Bertz CT molecular complexity index is 442. The molecule has 0 unspecified atom stereocenters. The molecule has 0 spiro atoms. The van der Waals surface area contributed by atoms with Crippen molar-refractivity contribution < 1.29 is 5.11 Å². The predicted molar refractivity (Wildman–Crippen MR) is 56.7 cm³/mol. The maximum absolute atomic E-state index is 8.81. The minimum atomic E-state index is -0.0388. The number of aliphatic hydroxyl groups excluding tert-OH is 1. The summed E-state index contributed by atoms with van der Waals surface area (Å²) in [5, 5.41) is 18.2. The Morgan fingerprint density at radius 3 is 2.60 bits per heavy atom. The molecule has 15 heavy (non-hydrogen) atoms. The van der Waals surface area contributed by atoms with Gasteiger partial charge in [-0.2, -0.15) is 0 Å². The molecule has 78 valence electrons. The number of hydrogen-bond donors (Lipinski definition) is 1. The largest absolute Gasteiger partial charge is 0.392 e. The van der Waals surface area contributed by atoms with Crippen molar-refractivity contribution in [2.24, 2.45) is 0 Å². The van der Waals surface area contributed by atoms with Crippen LogP contribution in [0.5, 0.6) is 0 Å². The van der Waals surface area contributed by atoms with Crippen molar-refractivity contribution in [1.82, 2.24) is 20.2 Å². The van der Waals surface area contributed by atoms with Crippen molar-refractivity contribution in [3.05, 3.63) is 23.0 Å². The molecule has 0 aliphatic rings. The fourth-order valence-electron chi connectivity index (χ4n) is 0.875. The topological polar surface area (TPSA) is 71.8 Å². The second kappa shape index (κ2) is 4.65. The lowest BCUT2D eigenvalue weighted by Crippen LogP contribution is -1.90. The van der Waals surface area contributed by atoms with Gasteiger partial charge >= 0.3 is 0 Å². The third-order valence-electron chi connectivity index (χ3n) is 1.55. The Hall–Kier alpha value is -1.05. The molecule has 1 N–H and O–H groups in total. The first-order valence-electron chi connectivity index (χ1n) is 4.17. The van der Waals surface area contributed by atoms with E-state index < -0.39 is 0 Å². The van der Waals surface area contributed by atoms with E-state index >= 15 is 0 Å². The Morgan fingerprint density at radius 1 is 1.33 bits per heavy atom. The van der Waals surface area contributed by atoms with Crippen LogP contribution in [0.15, 0.2) is 21.9 Å². The van der Waals surface area contributed by atoms with E-state index in [1.54, 1.807) is 12.4 Å². The van der Waals surface area contributed by atoms with Gasteiger partial charge in [0.1, 0.15) is 5.01 Å². The summed E-state index contributed by atoms with van der Waals surface area (Å²) in [5.74, 6) is 0. The highest BCUT2D eigenvalue weighted by Gasteiger charge is 2.05. The van der Waals surface area contributed by atoms with Crippen LogP contribution in [-0.2, 0) is 6.61 Å². The molecule has 0 saturated carbocycles. The number of rotatable bonds is 3. The number of aliphatic hydroxyl groups is 1. The van der Waals surface area contributed by atoms with Gasteiger partial charge in [0.15, 0.2) is 9.50 Å². The van der Waals surface area contributed by atoms with E-state index in [1.165, 1.54) is 23.1 Å². The summed E-state index contributed by atoms with van der Waals surface area (Å²) in [5.41, 5.74) is 0.702. The van der Waals surface area contributed by atoms with Crippen LogP contribution < -0.4 is 0 Å². The first-order valence-corrected chi connectivity index (χ1v) is 5.81. The highest BCUT2D eigenvalue weighted by molar-refractivity contribution is 8.00. The molecular weight excluding hydrogens is 232 g/mol. The fourth-order valence-corrected chi connectivity index (χ4v) is 2.49. The van der Waals surface area contributed by atoms with E-state index in [9.17, 15) is 0 Å². The van der Waals surface area contributed by atoms with Crippen LogP contribution in [-0.4, -0.2) is 25.3 Å². The molecule has 2 heterocycles. The average Bonchev–Trinajstić information content (AvgIpc) is 2.65. The smallest absolute Gasteiger partial charge is 0.194 e. The summed E-state index contributed by atoms with van der Waals surface area (Å²) < 4.78 is 0.823. The van der Waals surface area contributed by atoms with Crippen LogP contribution in [0, 0.1) is 6.92 Å². The molecule has 2 aromatic rings. The molecule has 0 fully saturated rings. The molecule has 0 radical (unpaired) electrons. The van der Waals surface area contributed by atoms with Gasteiger partial charge in [-0.15, -0.1) is 10.2 Å². The van der Waals surface area contributed by atoms with Gasteiger partial charge < -0.3 is 5.11 Å². The van der Waals surface area contributed by atoms with E-state index in [1.807, 2.05) is 6.92 Å². The summed E-state index contributed by atoms with van der Waals surface area (Å²) in [6, 6.07) is 0. The lowest BCUT2D eigenvalue weighted by Gasteiger charge is -1.96. The fraction of sp³-hybridized carbons (Fsp3) is 0.250. The summed E-state index contributed by atoms with van der Waals surface area (Å²) in [6.07, 6.45) is 3.20. The molecular formula is C8H8N4OS2. The lowest BCUT2D eigenvalue weighted by atomic mass is 10.4. The van der Waals surface area contributed by atoms with Crippen LogP contribution in [0.25, 0.3) is 0 Å². The zero-order valence-corrected chi connectivity index (χ0v) is 9.55. The van der Waals surface area contributed by atoms with Crippen LogP contribution in [0.4, 0.5) is 0 Å². The summed E-state index contributed by atoms with van der Waals surface area (Å²) in [6.45, 7) is 1.86. The van der Waals surface area contributed by atoms with Crippen molar-refractivity contribution in [3.63, 3.8) is 0 Å². The maximum Gasteiger partial charge on any atom is 0.194 e. The van der Waals surface area contributed by atoms with Crippen LogP contribution >= 0.6 is 23.1 Å². The summed E-state index contributed by atoms with van der Waals surface area (Å²) >= 11 is 2.87. The monoisotopic (exact) mass is 240 g/mol. The Morgan fingerprint density at radius 2 is 2.07 bits per heavy atom. The highest BCUT2D eigenvalue weighted by Crippen LogP contribution is 2.26. The molecule has 0 bridgehead atoms. The quantitative estimate of drug-likeness (QED) is 0.815. The van der Waals surface area contributed by atoms with Gasteiger partial charge in [0.2, 0.25) is 0 Å². The number of aromatic nitrogens is 4. The number of hydrogen-bond acceptors (Lipinski definition) is 7. The molecule has 0 saturated heterocycles. The third kappa shape index (κ3) is 2.71. The minimum Gasteiger partial charge on any atom is -0.392 e. The molecule has 0 amide bonds. The zero-order chi connectivity index (χ0) is 10.7. The van der Waals surface area contributed by atoms with Crippen molar-refractivity contribution in [2.75, 3.05) is 0 Å². The van der Waals surface area contributed by atoms with Gasteiger partial charge in [-0.1, -0.05) is 11.3 Å². The van der Waals surface area contributed by atoms with Crippen LogP contribution in [0.1, 0.15) is 10.6 Å². The Labute approximate surface area is 94.6 Å². The van der Waals surface area contributed by atoms with Crippen molar-refractivity contribution >= 4 is 23.1 Å². The zero-order valence-electron chi connectivity index (χ0n) is 7.91. The normalized spacial score (nSPS) is 10.5. The first-order chi connectivity index (χ1) is 7.28. The van der Waals surface area contributed by atoms with Gasteiger partial charge in [0, 0.05) is 18.0 Å². The van der Waals surface area contributed by atoms with E-state index in [4.69, 9.17) is 5.11 Å². The Balaban J connectivity index is 2.11. The van der Waals surface area contributed by atoms with E-state index in [0.717, 1.165) is 9.35 Å². The first kappa shape index (κ1) is 10.5. The van der Waals surface area contributed by atoms with Gasteiger partial charge in [-0.3, -0.25) is 0 Å². The van der Waals surface area contributed by atoms with Crippen LogP contribution in [0.3, 0.4) is 0 Å². The maximum atomic E-state index is 8.81. The average molecular weight is 240 g/mol. The van der Waals surface area contributed by atoms with Gasteiger partial charge in [0.25, 0.3) is 0 Å². The van der Waals surface area contributed by atoms with Crippen LogP contribution in [0.2, 0.25) is 0 Å². The SMILES string of the molecule is Cc1nnc(Sc2ncc(CO)cn2)s1. The van der Waals surface area contributed by atoms with Gasteiger partial charge in [-0.25, -0.2) is 9.97 Å². The van der Waals surface area contributed by atoms with E-state index in [2.05, 4.69) is 20.2 Å². The molecule has 2 rings (SSSR count). The highest BCUT2D eigenvalue weighted by atomic mass is 32.2. The third-order valence-corrected chi connectivity index (χ3v) is 3.33. The Kier molecular flexibility index (Phi) is 3.24. The predicted octanol–water partition coefficient (Wildman–Crippen LogP) is 1.28. The molecule has 7 heteroatoms. The van der Waals surface area contributed by atoms with Crippen molar-refractivity contribution in [2.45, 2.75) is 23.0 Å². The second-order valence-corrected chi connectivity index (χ2v) is 5.12. The molecule has 0 atom stereocenters. The molecule has 0 aliphatic carbocycles. The van der Waals surface area contributed by atoms with Gasteiger partial charge in [0.05, 0.1) is 6.61 Å². The summed E-state index contributed by atoms with van der Waals surface area (Å²) in [4.78, 5) is 8.17. The molecule has 2 aromatic heterocycles. The van der Waals surface area contributed by atoms with Crippen molar-refractivity contribution in [1.29, 1.82) is 0 Å². The lowest BCUT2D eigenvalue weighted by molar-refractivity contribution is 0.280. The molecule has 5 nitrogen and oxygen atoms in total. The molecule has 0 aromatic carbocycles. The number of aryl methyl sites for hydroxylation is 1. The van der Waals surface area contributed by atoms with Crippen molar-refractivity contribution in [3.8, 4) is 0 Å². The number of nitrogens with zero attached hydrogens (tertiary/aromatic N) is 4. The second-order valence-electron chi connectivity index (χ2n) is 2.72. The van der Waals surface area contributed by atoms with Gasteiger partial charge in [-0.05, 0) is 18.7 Å². The van der Waals surface area contributed by atoms with E-state index in [0.29, 0.717) is 10.7 Å².